The zero-order valence-electron chi connectivity index (χ0n) is 14.0. The highest BCUT2D eigenvalue weighted by atomic mass is 19.1. The zero-order chi connectivity index (χ0) is 18.1. The van der Waals surface area contributed by atoms with E-state index in [1.807, 2.05) is 30.3 Å². The molecule has 25 heavy (non-hydrogen) atoms. The molecule has 2 rings (SSSR count). The molecule has 0 radical (unpaired) electrons. The number of ether oxygens (including phenoxy) is 1. The first kappa shape index (κ1) is 18.6. The zero-order valence-corrected chi connectivity index (χ0v) is 14.0. The molecule has 1 unspecified atom stereocenters. The number of amides is 2. The molecule has 0 saturated carbocycles. The number of rotatable bonds is 8. The summed E-state index contributed by atoms with van der Waals surface area (Å²) >= 11 is 0. The van der Waals surface area contributed by atoms with Crippen molar-refractivity contribution in [1.82, 2.24) is 10.6 Å². The Kier molecular flexibility index (Phi) is 7.10. The normalized spacial score (nSPS) is 11.6. The molecule has 0 bridgehead atoms. The Bertz CT molecular complexity index is 690. The molecule has 0 aliphatic rings. The largest absolute Gasteiger partial charge is 0.367 e. The summed E-state index contributed by atoms with van der Waals surface area (Å²) in [6.45, 7) is 0.595. The minimum atomic E-state index is -0.684. The first-order valence-electron chi connectivity index (χ1n) is 7.96. The molecule has 6 heteroatoms. The number of carbonyl (C=O) groups is 2. The Labute approximate surface area is 146 Å². The fourth-order valence-corrected chi connectivity index (χ4v) is 2.35. The summed E-state index contributed by atoms with van der Waals surface area (Å²) < 4.78 is 18.0. The molecule has 0 aromatic heterocycles. The highest BCUT2D eigenvalue weighted by molar-refractivity contribution is 5.82. The smallest absolute Gasteiger partial charge is 0.253 e. The lowest BCUT2D eigenvalue weighted by molar-refractivity contribution is -0.131. The lowest BCUT2D eigenvalue weighted by Gasteiger charge is -2.15. The van der Waals surface area contributed by atoms with Gasteiger partial charge in [-0.2, -0.15) is 0 Å². The summed E-state index contributed by atoms with van der Waals surface area (Å²) in [6.07, 6.45) is -0.519. The number of nitrogens with one attached hydrogen (secondary N) is 2. The van der Waals surface area contributed by atoms with E-state index >= 15 is 0 Å². The molecule has 1 atom stereocenters. The van der Waals surface area contributed by atoms with Gasteiger partial charge in [0.05, 0.1) is 6.42 Å². The van der Waals surface area contributed by atoms with Gasteiger partial charge in [0.15, 0.2) is 6.10 Å². The molecule has 0 aliphatic heterocycles. The molecule has 0 saturated heterocycles. The van der Waals surface area contributed by atoms with E-state index in [-0.39, 0.29) is 24.1 Å². The molecule has 0 aliphatic carbocycles. The Balaban J connectivity index is 1.71. The van der Waals surface area contributed by atoms with Crippen molar-refractivity contribution in [3.8, 4) is 0 Å². The van der Waals surface area contributed by atoms with E-state index in [0.717, 1.165) is 11.1 Å². The van der Waals surface area contributed by atoms with Crippen molar-refractivity contribution in [2.24, 2.45) is 0 Å². The second-order valence-electron chi connectivity index (χ2n) is 5.47. The van der Waals surface area contributed by atoms with E-state index in [9.17, 15) is 14.0 Å². The number of benzene rings is 2. The van der Waals surface area contributed by atoms with Crippen LogP contribution in [0.25, 0.3) is 0 Å². The Morgan fingerprint density at radius 3 is 2.28 bits per heavy atom. The first-order valence-corrected chi connectivity index (χ1v) is 7.96. The van der Waals surface area contributed by atoms with Crippen LogP contribution >= 0.6 is 0 Å². The topological polar surface area (TPSA) is 67.4 Å². The van der Waals surface area contributed by atoms with Gasteiger partial charge in [0.1, 0.15) is 5.82 Å². The average Bonchev–Trinajstić information content (AvgIpc) is 2.62. The van der Waals surface area contributed by atoms with Crippen molar-refractivity contribution < 1.29 is 18.7 Å². The molecule has 2 aromatic rings. The minimum Gasteiger partial charge on any atom is -0.367 e. The Hall–Kier alpha value is -2.73. The standard InChI is InChI=1S/C19H21FN2O3/c1-25-18(15-5-3-2-4-6-15)19(24)22-12-11-21-17(23)13-14-7-9-16(20)10-8-14/h2-10,18H,11-13H2,1H3,(H,21,23)(H,22,24). The van der Waals surface area contributed by atoms with E-state index < -0.39 is 6.10 Å². The van der Waals surface area contributed by atoms with Gasteiger partial charge < -0.3 is 15.4 Å². The maximum atomic E-state index is 12.8. The number of halogens is 1. The Morgan fingerprint density at radius 2 is 1.64 bits per heavy atom. The summed E-state index contributed by atoms with van der Waals surface area (Å²) in [4.78, 5) is 24.0. The van der Waals surface area contributed by atoms with Gasteiger partial charge in [0, 0.05) is 20.2 Å². The number of methoxy groups -OCH3 is 1. The maximum absolute atomic E-state index is 12.8. The van der Waals surface area contributed by atoms with Crippen molar-refractivity contribution in [1.29, 1.82) is 0 Å². The maximum Gasteiger partial charge on any atom is 0.253 e. The summed E-state index contributed by atoms with van der Waals surface area (Å²) in [5, 5.41) is 5.44. The fraction of sp³-hybridized carbons (Fsp3) is 0.263. The van der Waals surface area contributed by atoms with Crippen LogP contribution in [0.1, 0.15) is 17.2 Å². The first-order chi connectivity index (χ1) is 12.1. The summed E-state index contributed by atoms with van der Waals surface area (Å²) in [5.41, 5.74) is 1.49. The lowest BCUT2D eigenvalue weighted by Crippen LogP contribution is -2.37. The SMILES string of the molecule is COC(C(=O)NCCNC(=O)Cc1ccc(F)cc1)c1ccccc1. The molecule has 132 valence electrons. The molecule has 5 nitrogen and oxygen atoms in total. The van der Waals surface area contributed by atoms with Crippen LogP contribution < -0.4 is 10.6 Å². The fourth-order valence-electron chi connectivity index (χ4n) is 2.35. The van der Waals surface area contributed by atoms with Crippen LogP contribution in [0.3, 0.4) is 0 Å². The third kappa shape index (κ3) is 6.00. The minimum absolute atomic E-state index is 0.166. The van der Waals surface area contributed by atoms with Crippen molar-refractivity contribution in [2.75, 3.05) is 20.2 Å². The number of hydrogen-bond donors (Lipinski definition) is 2. The molecule has 0 spiro atoms. The van der Waals surface area contributed by atoms with Crippen LogP contribution in [0, 0.1) is 5.82 Å². The molecule has 2 aromatic carbocycles. The highest BCUT2D eigenvalue weighted by Crippen LogP contribution is 2.15. The van der Waals surface area contributed by atoms with Gasteiger partial charge >= 0.3 is 0 Å². The molecule has 2 amide bonds. The third-order valence-corrected chi connectivity index (χ3v) is 3.60. The molecular weight excluding hydrogens is 323 g/mol. The van der Waals surface area contributed by atoms with Gasteiger partial charge in [-0.1, -0.05) is 42.5 Å². The summed E-state index contributed by atoms with van der Waals surface area (Å²) in [7, 11) is 1.47. The second kappa shape index (κ2) is 9.54. The van der Waals surface area contributed by atoms with Gasteiger partial charge in [-0.15, -0.1) is 0 Å². The van der Waals surface area contributed by atoms with Gasteiger partial charge in [-0.25, -0.2) is 4.39 Å². The molecule has 0 heterocycles. The van der Waals surface area contributed by atoms with Crippen LogP contribution in [0.2, 0.25) is 0 Å². The van der Waals surface area contributed by atoms with Gasteiger partial charge in [-0.3, -0.25) is 9.59 Å². The Morgan fingerprint density at radius 1 is 1.00 bits per heavy atom. The van der Waals surface area contributed by atoms with Crippen molar-refractivity contribution in [3.63, 3.8) is 0 Å². The van der Waals surface area contributed by atoms with E-state index in [1.165, 1.54) is 19.2 Å². The van der Waals surface area contributed by atoms with Crippen molar-refractivity contribution in [3.05, 3.63) is 71.5 Å². The monoisotopic (exact) mass is 344 g/mol. The van der Waals surface area contributed by atoms with Crippen molar-refractivity contribution >= 4 is 11.8 Å². The number of carbonyl (C=O) groups excluding carboxylic acids is 2. The van der Waals surface area contributed by atoms with Gasteiger partial charge in [-0.05, 0) is 23.3 Å². The van der Waals surface area contributed by atoms with Gasteiger partial charge in [0.2, 0.25) is 5.91 Å². The summed E-state index contributed by atoms with van der Waals surface area (Å²) in [6, 6.07) is 14.9. The molecule has 0 fully saturated rings. The van der Waals surface area contributed by atoms with Crippen LogP contribution in [0.4, 0.5) is 4.39 Å². The van der Waals surface area contributed by atoms with Gasteiger partial charge in [0.25, 0.3) is 5.91 Å². The van der Waals surface area contributed by atoms with E-state index in [2.05, 4.69) is 10.6 Å². The summed E-state index contributed by atoms with van der Waals surface area (Å²) in [5.74, 6) is -0.785. The van der Waals surface area contributed by atoms with Crippen LogP contribution in [-0.4, -0.2) is 32.0 Å². The van der Waals surface area contributed by atoms with Crippen LogP contribution in [0.5, 0.6) is 0 Å². The third-order valence-electron chi connectivity index (χ3n) is 3.60. The quantitative estimate of drug-likeness (QED) is 0.720. The predicted octanol–water partition coefficient (Wildman–Crippen LogP) is 1.99. The van der Waals surface area contributed by atoms with Crippen molar-refractivity contribution in [2.45, 2.75) is 12.5 Å². The van der Waals surface area contributed by atoms with E-state index in [4.69, 9.17) is 4.74 Å². The molecular formula is C19H21FN2O3. The second-order valence-corrected chi connectivity index (χ2v) is 5.47. The van der Waals surface area contributed by atoms with Crippen LogP contribution in [-0.2, 0) is 20.7 Å². The average molecular weight is 344 g/mol. The van der Waals surface area contributed by atoms with Crippen LogP contribution in [0.15, 0.2) is 54.6 Å². The number of hydrogen-bond acceptors (Lipinski definition) is 3. The molecule has 2 N–H and O–H groups in total. The van der Waals surface area contributed by atoms with E-state index in [1.54, 1.807) is 12.1 Å². The van der Waals surface area contributed by atoms with E-state index in [0.29, 0.717) is 13.1 Å². The predicted molar refractivity (Wildman–Crippen MR) is 92.3 cm³/mol. The highest BCUT2D eigenvalue weighted by Gasteiger charge is 2.19. The lowest BCUT2D eigenvalue weighted by atomic mass is 10.1.